The van der Waals surface area contributed by atoms with Crippen LogP contribution in [0.3, 0.4) is 0 Å². The summed E-state index contributed by atoms with van der Waals surface area (Å²) in [4.78, 5) is 0. The van der Waals surface area contributed by atoms with Crippen molar-refractivity contribution in [1.82, 2.24) is 0 Å². The Labute approximate surface area is 235 Å². The molecule has 2 nitrogen and oxygen atoms in total. The molecule has 2 aromatic heterocycles. The molecule has 2 heterocycles. The van der Waals surface area contributed by atoms with Crippen LogP contribution in [0.4, 0.5) is 0 Å². The molecule has 0 bridgehead atoms. The topological polar surface area (TPSA) is 26.3 Å². The van der Waals surface area contributed by atoms with Crippen LogP contribution in [0.2, 0.25) is 0 Å². The highest BCUT2D eigenvalue weighted by molar-refractivity contribution is 6.15. The maximum Gasteiger partial charge on any atom is 0.136 e. The molecule has 7 rings (SSSR count). The Balaban J connectivity index is 1.32. The third-order valence-corrected chi connectivity index (χ3v) is 8.23. The smallest absolute Gasteiger partial charge is 0.136 e. The average Bonchev–Trinajstić information content (AvgIpc) is 3.47. The van der Waals surface area contributed by atoms with E-state index in [1.54, 1.807) is 0 Å². The molecule has 0 aliphatic carbocycles. The fourth-order valence-corrected chi connectivity index (χ4v) is 5.73. The molecule has 0 radical (unpaired) electrons. The average molecular weight is 523 g/mol. The van der Waals surface area contributed by atoms with Gasteiger partial charge in [-0.15, -0.1) is 0 Å². The van der Waals surface area contributed by atoms with Crippen molar-refractivity contribution in [2.24, 2.45) is 0 Å². The quantitative estimate of drug-likeness (QED) is 0.226. The molecule has 7 aromatic rings. The molecule has 0 amide bonds. The van der Waals surface area contributed by atoms with E-state index in [9.17, 15) is 0 Å². The maximum absolute atomic E-state index is 6.35. The van der Waals surface area contributed by atoms with Gasteiger partial charge in [0, 0.05) is 21.5 Å². The molecular weight excluding hydrogens is 488 g/mol. The Morgan fingerprint density at radius 3 is 1.02 bits per heavy atom. The largest absolute Gasteiger partial charge is 0.456 e. The summed E-state index contributed by atoms with van der Waals surface area (Å²) in [6, 6.07) is 35.0. The Bertz CT molecular complexity index is 1880. The molecule has 0 aliphatic heterocycles. The highest BCUT2D eigenvalue weighted by Gasteiger charge is 2.17. The molecule has 198 valence electrons. The lowest BCUT2D eigenvalue weighted by Gasteiger charge is -2.19. The zero-order chi connectivity index (χ0) is 27.8. The molecule has 0 aliphatic rings. The minimum Gasteiger partial charge on any atom is -0.456 e. The van der Waals surface area contributed by atoms with Gasteiger partial charge >= 0.3 is 0 Å². The van der Waals surface area contributed by atoms with E-state index in [-0.39, 0.29) is 10.8 Å². The fourth-order valence-electron chi connectivity index (χ4n) is 5.73. The lowest BCUT2D eigenvalue weighted by Crippen LogP contribution is -2.10. The first-order valence-corrected chi connectivity index (χ1v) is 14.1. The number of furan rings is 2. The number of fused-ring (bicyclic) bond motifs is 6. The van der Waals surface area contributed by atoms with Crippen LogP contribution in [0.5, 0.6) is 0 Å². The van der Waals surface area contributed by atoms with E-state index in [2.05, 4.69) is 139 Å². The maximum atomic E-state index is 6.35. The zero-order valence-electron chi connectivity index (χ0n) is 24.1. The number of hydrogen-bond donors (Lipinski definition) is 0. The lowest BCUT2D eigenvalue weighted by molar-refractivity contribution is 0.590. The molecule has 40 heavy (non-hydrogen) atoms. The minimum absolute atomic E-state index is 0.138. The van der Waals surface area contributed by atoms with Gasteiger partial charge in [0.15, 0.2) is 0 Å². The first kappa shape index (κ1) is 24.7. The van der Waals surface area contributed by atoms with Crippen LogP contribution in [0.25, 0.3) is 66.1 Å². The van der Waals surface area contributed by atoms with E-state index < -0.39 is 0 Å². The van der Waals surface area contributed by atoms with Crippen molar-refractivity contribution >= 4 is 43.9 Å². The van der Waals surface area contributed by atoms with E-state index in [1.165, 1.54) is 33.4 Å². The second kappa shape index (κ2) is 8.60. The molecule has 0 spiro atoms. The Morgan fingerprint density at radius 1 is 0.350 bits per heavy atom. The number of rotatable bonds is 2. The van der Waals surface area contributed by atoms with Crippen LogP contribution < -0.4 is 0 Å². The van der Waals surface area contributed by atoms with Gasteiger partial charge in [-0.3, -0.25) is 0 Å². The van der Waals surface area contributed by atoms with E-state index >= 15 is 0 Å². The summed E-state index contributed by atoms with van der Waals surface area (Å²) in [6.45, 7) is 13.5. The summed E-state index contributed by atoms with van der Waals surface area (Å²) in [5.41, 5.74) is 11.3. The van der Waals surface area contributed by atoms with Gasteiger partial charge in [0.1, 0.15) is 22.3 Å². The molecule has 0 saturated carbocycles. The van der Waals surface area contributed by atoms with Crippen molar-refractivity contribution in [3.8, 4) is 22.3 Å². The fraction of sp³-hybridized carbons (Fsp3) is 0.211. The molecule has 0 fully saturated rings. The molecular formula is C38H34O2. The Kier molecular flexibility index (Phi) is 5.31. The minimum atomic E-state index is 0.138. The van der Waals surface area contributed by atoms with E-state index in [4.69, 9.17) is 8.83 Å². The zero-order valence-corrected chi connectivity index (χ0v) is 24.1. The normalized spacial score (nSPS) is 12.8. The molecule has 0 atom stereocenters. The molecule has 2 heteroatoms. The van der Waals surface area contributed by atoms with Crippen LogP contribution in [-0.4, -0.2) is 0 Å². The summed E-state index contributed by atoms with van der Waals surface area (Å²) in [5, 5.41) is 4.36. The summed E-state index contributed by atoms with van der Waals surface area (Å²) in [6.07, 6.45) is 0. The molecule has 5 aromatic carbocycles. The summed E-state index contributed by atoms with van der Waals surface area (Å²) >= 11 is 0. The molecule has 0 unspecified atom stereocenters. The van der Waals surface area contributed by atoms with Crippen LogP contribution in [-0.2, 0) is 10.8 Å². The van der Waals surface area contributed by atoms with Gasteiger partial charge in [-0.2, -0.15) is 0 Å². The van der Waals surface area contributed by atoms with Crippen molar-refractivity contribution in [3.63, 3.8) is 0 Å². The van der Waals surface area contributed by atoms with Crippen molar-refractivity contribution in [2.45, 2.75) is 52.4 Å². The van der Waals surface area contributed by atoms with Crippen LogP contribution in [0.15, 0.2) is 106 Å². The monoisotopic (exact) mass is 522 g/mol. The van der Waals surface area contributed by atoms with Crippen molar-refractivity contribution < 1.29 is 8.83 Å². The number of benzene rings is 5. The van der Waals surface area contributed by atoms with Crippen molar-refractivity contribution in [1.29, 1.82) is 0 Å². The predicted octanol–water partition coefficient (Wildman–Crippen LogP) is 11.4. The summed E-state index contributed by atoms with van der Waals surface area (Å²) in [5.74, 6) is 0. The van der Waals surface area contributed by atoms with Gasteiger partial charge in [-0.05, 0) is 80.6 Å². The van der Waals surface area contributed by atoms with Crippen molar-refractivity contribution in [3.05, 3.63) is 108 Å². The first-order chi connectivity index (χ1) is 19.0. The highest BCUT2D eigenvalue weighted by atomic mass is 16.3. The van der Waals surface area contributed by atoms with Gasteiger partial charge in [-0.25, -0.2) is 0 Å². The summed E-state index contributed by atoms with van der Waals surface area (Å²) < 4.78 is 12.7. The third kappa shape index (κ3) is 4.10. The van der Waals surface area contributed by atoms with Gasteiger partial charge < -0.3 is 8.83 Å². The van der Waals surface area contributed by atoms with Crippen molar-refractivity contribution in [2.75, 3.05) is 0 Å². The highest BCUT2D eigenvalue weighted by Crippen LogP contribution is 2.39. The van der Waals surface area contributed by atoms with E-state index in [0.717, 1.165) is 43.9 Å². The number of hydrogen-bond acceptors (Lipinski definition) is 2. The van der Waals surface area contributed by atoms with Crippen LogP contribution in [0, 0.1) is 0 Å². The first-order valence-electron chi connectivity index (χ1n) is 14.1. The van der Waals surface area contributed by atoms with Gasteiger partial charge in [0.2, 0.25) is 0 Å². The molecule has 0 saturated heterocycles. The van der Waals surface area contributed by atoms with Gasteiger partial charge in [0.05, 0.1) is 0 Å². The molecule has 0 N–H and O–H groups in total. The standard InChI is InChI=1S/C38H34O2/c1-37(2,3)27-13-7-23(8-14-27)25-11-17-33-29(19-25)31-21-36-32(22-35(31)39-33)30-20-26(12-18-34(30)40-36)24-9-15-28(16-10-24)38(4,5)6/h7-22H,1-6H3. The van der Waals surface area contributed by atoms with Gasteiger partial charge in [-0.1, -0.05) is 102 Å². The van der Waals surface area contributed by atoms with Gasteiger partial charge in [0.25, 0.3) is 0 Å². The van der Waals surface area contributed by atoms with Crippen LogP contribution in [0.1, 0.15) is 52.7 Å². The Hall–Kier alpha value is -4.30. The summed E-state index contributed by atoms with van der Waals surface area (Å²) in [7, 11) is 0. The third-order valence-electron chi connectivity index (χ3n) is 8.23. The SMILES string of the molecule is CC(C)(C)c1ccc(-c2ccc3oc4cc5c(cc4c3c2)oc2ccc(-c3ccc(C(C)(C)C)cc3)cc25)cc1. The second-order valence-electron chi connectivity index (χ2n) is 13.1. The Morgan fingerprint density at radius 2 is 0.675 bits per heavy atom. The second-order valence-corrected chi connectivity index (χ2v) is 13.1. The predicted molar refractivity (Wildman–Crippen MR) is 169 cm³/mol. The lowest BCUT2D eigenvalue weighted by atomic mass is 9.86. The van der Waals surface area contributed by atoms with E-state index in [1.807, 2.05) is 0 Å². The van der Waals surface area contributed by atoms with Crippen LogP contribution >= 0.6 is 0 Å². The van der Waals surface area contributed by atoms with E-state index in [0.29, 0.717) is 0 Å².